The van der Waals surface area contributed by atoms with Crippen molar-refractivity contribution in [2.24, 2.45) is 0 Å². The van der Waals surface area contributed by atoms with Gasteiger partial charge >= 0.3 is 0 Å². The summed E-state index contributed by atoms with van der Waals surface area (Å²) in [5.41, 5.74) is 0. The van der Waals surface area contributed by atoms with E-state index in [2.05, 4.69) is 48.5 Å². The van der Waals surface area contributed by atoms with Crippen molar-refractivity contribution in [1.82, 2.24) is 0 Å². The smallest absolute Gasteiger partial charge is 0.115 e. The molecule has 4 aromatic rings. The lowest BCUT2D eigenvalue weighted by Crippen LogP contribution is -3.00. The summed E-state index contributed by atoms with van der Waals surface area (Å²) in [4.78, 5) is 0. The Morgan fingerprint density at radius 1 is 0.407 bits per heavy atom. The standard InChI is InChI=1S/C18H15OP.C6H6.ClH/c19-15-11-13-18(14-12-15)20(16-7-3-1-4-8-16)17-9-5-2-6-10-17;1-2-4-6-5-3-1;/h1-14,19H;1-6H;1H. The van der Waals surface area contributed by atoms with Gasteiger partial charge in [0.25, 0.3) is 0 Å². The first-order valence-electron chi connectivity index (χ1n) is 8.62. The number of phenolic OH excluding ortho intramolecular Hbond substituents is 1. The van der Waals surface area contributed by atoms with Crippen LogP contribution < -0.4 is 28.3 Å². The third-order valence-electron chi connectivity index (χ3n) is 3.95. The van der Waals surface area contributed by atoms with Gasteiger partial charge in [0.15, 0.2) is 0 Å². The van der Waals surface area contributed by atoms with Crippen LogP contribution >= 0.6 is 7.92 Å². The zero-order valence-corrected chi connectivity index (χ0v) is 16.6. The molecule has 0 aliphatic carbocycles. The monoisotopic (exact) mass is 392 g/mol. The molecule has 0 aliphatic heterocycles. The van der Waals surface area contributed by atoms with Crippen molar-refractivity contribution in [3.05, 3.63) is 121 Å². The summed E-state index contributed by atoms with van der Waals surface area (Å²) >= 11 is 0. The van der Waals surface area contributed by atoms with Crippen molar-refractivity contribution < 1.29 is 17.5 Å². The number of rotatable bonds is 3. The predicted octanol–water partition coefficient (Wildman–Crippen LogP) is 1.57. The molecule has 0 fully saturated rings. The van der Waals surface area contributed by atoms with Crippen LogP contribution in [0.3, 0.4) is 0 Å². The van der Waals surface area contributed by atoms with E-state index in [0.29, 0.717) is 5.75 Å². The summed E-state index contributed by atoms with van der Waals surface area (Å²) in [6, 6.07) is 40.8. The molecular weight excluding hydrogens is 371 g/mol. The second-order valence-corrected chi connectivity index (χ2v) is 8.29. The number of benzene rings is 4. The Morgan fingerprint density at radius 3 is 1.07 bits per heavy atom. The largest absolute Gasteiger partial charge is 1.00 e. The summed E-state index contributed by atoms with van der Waals surface area (Å²) in [7, 11) is -1.00. The first kappa shape index (κ1) is 20.7. The molecular formula is C24H22ClOP. The van der Waals surface area contributed by atoms with E-state index in [4.69, 9.17) is 0 Å². The van der Waals surface area contributed by atoms with Crippen molar-refractivity contribution >= 4 is 23.8 Å². The van der Waals surface area contributed by atoms with Gasteiger partial charge in [0.1, 0.15) is 21.7 Å². The Morgan fingerprint density at radius 2 is 0.704 bits per heavy atom. The minimum Gasteiger partial charge on any atom is -1.00 e. The molecule has 0 saturated heterocycles. The third kappa shape index (κ3) is 6.25. The summed E-state index contributed by atoms with van der Waals surface area (Å²) in [5.74, 6) is 0.316. The van der Waals surface area contributed by atoms with Gasteiger partial charge in [-0.25, -0.2) is 0 Å². The van der Waals surface area contributed by atoms with Crippen molar-refractivity contribution in [3.8, 4) is 5.75 Å². The zero-order chi connectivity index (χ0) is 18.0. The molecule has 4 aromatic carbocycles. The maximum absolute atomic E-state index is 9.49. The lowest BCUT2D eigenvalue weighted by atomic mass is 10.3. The topological polar surface area (TPSA) is 20.2 Å². The van der Waals surface area contributed by atoms with Crippen LogP contribution in [0.2, 0.25) is 0 Å². The van der Waals surface area contributed by atoms with Crippen LogP contribution in [-0.2, 0) is 0 Å². The molecule has 0 atom stereocenters. The Kier molecular flexibility index (Phi) is 8.58. The highest BCUT2D eigenvalue weighted by molar-refractivity contribution is 7.79. The second-order valence-electron chi connectivity index (χ2n) is 5.81. The van der Waals surface area contributed by atoms with E-state index in [-0.39, 0.29) is 12.4 Å². The molecule has 0 spiro atoms. The van der Waals surface area contributed by atoms with Crippen LogP contribution in [0.4, 0.5) is 0 Å². The number of phenols is 1. The predicted molar refractivity (Wildman–Crippen MR) is 115 cm³/mol. The number of halogens is 1. The SMILES string of the molecule is Oc1ccc([PH+](c2ccccc2)c2ccccc2)cc1.[Cl-].c1ccccc1. The lowest BCUT2D eigenvalue weighted by Gasteiger charge is -2.10. The van der Waals surface area contributed by atoms with Gasteiger partial charge in [-0.15, -0.1) is 0 Å². The molecule has 0 aliphatic rings. The summed E-state index contributed by atoms with van der Waals surface area (Å²) in [5, 5.41) is 13.5. The van der Waals surface area contributed by atoms with Crippen LogP contribution in [0.15, 0.2) is 121 Å². The molecule has 0 bridgehead atoms. The average Bonchev–Trinajstić information content (AvgIpc) is 2.73. The van der Waals surface area contributed by atoms with Crippen LogP contribution in [-0.4, -0.2) is 5.11 Å². The molecule has 27 heavy (non-hydrogen) atoms. The zero-order valence-electron chi connectivity index (χ0n) is 14.9. The number of hydrogen-bond donors (Lipinski definition) is 1. The molecule has 1 nitrogen and oxygen atoms in total. The fourth-order valence-corrected chi connectivity index (χ4v) is 5.27. The minimum atomic E-state index is -1.00. The first-order valence-corrected chi connectivity index (χ1v) is 10.1. The van der Waals surface area contributed by atoms with Crippen molar-refractivity contribution in [1.29, 1.82) is 0 Å². The molecule has 0 unspecified atom stereocenters. The van der Waals surface area contributed by atoms with Crippen molar-refractivity contribution in [2.75, 3.05) is 0 Å². The normalized spacial score (nSPS) is 9.67. The van der Waals surface area contributed by atoms with Crippen LogP contribution in [0.5, 0.6) is 5.75 Å². The van der Waals surface area contributed by atoms with E-state index in [0.717, 1.165) is 0 Å². The van der Waals surface area contributed by atoms with E-state index in [1.165, 1.54) is 15.9 Å². The van der Waals surface area contributed by atoms with Gasteiger partial charge in [0.05, 0.1) is 7.92 Å². The van der Waals surface area contributed by atoms with E-state index >= 15 is 0 Å². The minimum absolute atomic E-state index is 0. The van der Waals surface area contributed by atoms with Gasteiger partial charge in [0.2, 0.25) is 0 Å². The summed E-state index contributed by atoms with van der Waals surface area (Å²) in [6.45, 7) is 0. The Balaban J connectivity index is 0.000000320. The summed E-state index contributed by atoms with van der Waals surface area (Å²) < 4.78 is 0. The Labute approximate surface area is 168 Å². The van der Waals surface area contributed by atoms with E-state index in [1.54, 1.807) is 12.1 Å². The van der Waals surface area contributed by atoms with Crippen LogP contribution in [0, 0.1) is 0 Å². The molecule has 0 heterocycles. The van der Waals surface area contributed by atoms with Gasteiger partial charge < -0.3 is 17.5 Å². The van der Waals surface area contributed by atoms with Crippen molar-refractivity contribution in [2.45, 2.75) is 0 Å². The molecule has 136 valence electrons. The maximum atomic E-state index is 9.49. The fraction of sp³-hybridized carbons (Fsp3) is 0. The first-order chi connectivity index (χ1) is 12.8. The highest BCUT2D eigenvalue weighted by Crippen LogP contribution is 2.32. The number of hydrogen-bond acceptors (Lipinski definition) is 1. The molecule has 4 rings (SSSR count). The quantitative estimate of drug-likeness (QED) is 0.525. The molecule has 3 heteroatoms. The van der Waals surface area contributed by atoms with Gasteiger partial charge in [-0.05, 0) is 48.5 Å². The molecule has 0 amide bonds. The third-order valence-corrected chi connectivity index (χ3v) is 6.68. The molecule has 1 N–H and O–H groups in total. The number of aromatic hydroxyl groups is 1. The molecule has 0 saturated carbocycles. The average molecular weight is 393 g/mol. The van der Waals surface area contributed by atoms with Crippen LogP contribution in [0.25, 0.3) is 0 Å². The van der Waals surface area contributed by atoms with E-state index < -0.39 is 7.92 Å². The molecule has 0 aromatic heterocycles. The second kappa shape index (κ2) is 11.2. The Hall–Kier alpha value is -2.60. The van der Waals surface area contributed by atoms with Gasteiger partial charge in [-0.2, -0.15) is 0 Å². The lowest BCUT2D eigenvalue weighted by molar-refractivity contribution is -0.00000603. The summed E-state index contributed by atoms with van der Waals surface area (Å²) in [6.07, 6.45) is 0. The van der Waals surface area contributed by atoms with Gasteiger partial charge in [0, 0.05) is 0 Å². The van der Waals surface area contributed by atoms with E-state index in [9.17, 15) is 5.11 Å². The van der Waals surface area contributed by atoms with E-state index in [1.807, 2.05) is 60.7 Å². The fourth-order valence-electron chi connectivity index (χ4n) is 2.72. The van der Waals surface area contributed by atoms with Crippen molar-refractivity contribution in [3.63, 3.8) is 0 Å². The Bertz CT molecular complexity index is 815. The van der Waals surface area contributed by atoms with Crippen LogP contribution in [0.1, 0.15) is 0 Å². The highest BCUT2D eigenvalue weighted by Gasteiger charge is 2.24. The van der Waals surface area contributed by atoms with Gasteiger partial charge in [-0.1, -0.05) is 72.8 Å². The molecule has 0 radical (unpaired) electrons. The van der Waals surface area contributed by atoms with Gasteiger partial charge in [-0.3, -0.25) is 0 Å². The highest BCUT2D eigenvalue weighted by atomic mass is 35.5. The maximum Gasteiger partial charge on any atom is 0.115 e.